The SMILES string of the molecule is CN(CCCc1cc(-c2ccc(F)cc2)n[nH]1)C(=O)CCn1cnc2ccccc2c1=O. The van der Waals surface area contributed by atoms with Crippen molar-refractivity contribution >= 4 is 16.8 Å². The molecule has 164 valence electrons. The molecule has 0 spiro atoms. The number of aryl methyl sites for hydroxylation is 2. The van der Waals surface area contributed by atoms with Crippen LogP contribution in [0.1, 0.15) is 18.5 Å². The number of hydrogen-bond acceptors (Lipinski definition) is 4. The minimum absolute atomic E-state index is 0.0262. The van der Waals surface area contributed by atoms with Gasteiger partial charge in [0.1, 0.15) is 5.82 Å². The second-order valence-corrected chi connectivity index (χ2v) is 7.71. The molecule has 0 fully saturated rings. The van der Waals surface area contributed by atoms with Crippen LogP contribution in [0, 0.1) is 5.82 Å². The standard InChI is InChI=1S/C24H24FN5O2/c1-29(13-4-5-19-15-22(28-27-19)17-8-10-18(25)11-9-17)23(31)12-14-30-16-26-21-7-3-2-6-20(21)24(30)32/h2-3,6-11,15-16H,4-5,12-14H2,1H3,(H,27,28). The number of nitrogens with zero attached hydrogens (tertiary/aromatic N) is 4. The molecule has 8 heteroatoms. The molecule has 0 aliphatic carbocycles. The monoisotopic (exact) mass is 433 g/mol. The van der Waals surface area contributed by atoms with Crippen molar-refractivity contribution in [1.82, 2.24) is 24.6 Å². The number of rotatable bonds is 8. The summed E-state index contributed by atoms with van der Waals surface area (Å²) in [6, 6.07) is 15.3. The Morgan fingerprint density at radius 3 is 2.75 bits per heavy atom. The molecule has 1 N–H and O–H groups in total. The van der Waals surface area contributed by atoms with Crippen LogP contribution in [0.2, 0.25) is 0 Å². The highest BCUT2D eigenvalue weighted by Gasteiger charge is 2.11. The topological polar surface area (TPSA) is 83.9 Å². The summed E-state index contributed by atoms with van der Waals surface area (Å²) < 4.78 is 14.5. The van der Waals surface area contributed by atoms with Gasteiger partial charge in [0.15, 0.2) is 0 Å². The van der Waals surface area contributed by atoms with Crippen molar-refractivity contribution in [3.05, 3.63) is 82.8 Å². The molecular weight excluding hydrogens is 409 g/mol. The maximum atomic E-state index is 13.1. The van der Waals surface area contributed by atoms with E-state index in [1.165, 1.54) is 23.0 Å². The van der Waals surface area contributed by atoms with Crippen molar-refractivity contribution in [1.29, 1.82) is 0 Å². The number of para-hydroxylation sites is 1. The second kappa shape index (κ2) is 9.55. The Bertz CT molecular complexity index is 1280. The largest absolute Gasteiger partial charge is 0.346 e. The molecule has 0 saturated heterocycles. The lowest BCUT2D eigenvalue weighted by Crippen LogP contribution is -2.30. The molecule has 2 aromatic heterocycles. The third kappa shape index (κ3) is 4.91. The van der Waals surface area contributed by atoms with Crippen LogP contribution in [0.25, 0.3) is 22.2 Å². The lowest BCUT2D eigenvalue weighted by molar-refractivity contribution is -0.130. The average molecular weight is 433 g/mol. The summed E-state index contributed by atoms with van der Waals surface area (Å²) in [5.74, 6) is -0.305. The molecule has 1 amide bonds. The normalized spacial score (nSPS) is 11.1. The molecule has 4 rings (SSSR count). The number of H-pyrrole nitrogens is 1. The number of carbonyl (C=O) groups excluding carboxylic acids is 1. The van der Waals surface area contributed by atoms with Crippen molar-refractivity contribution in [2.24, 2.45) is 0 Å². The highest BCUT2D eigenvalue weighted by molar-refractivity contribution is 5.77. The Morgan fingerprint density at radius 1 is 1.16 bits per heavy atom. The van der Waals surface area contributed by atoms with E-state index in [0.29, 0.717) is 24.0 Å². The first-order valence-corrected chi connectivity index (χ1v) is 10.5. The van der Waals surface area contributed by atoms with Gasteiger partial charge in [-0.15, -0.1) is 0 Å². The van der Waals surface area contributed by atoms with Gasteiger partial charge >= 0.3 is 0 Å². The molecule has 2 heterocycles. The molecule has 0 aliphatic rings. The van der Waals surface area contributed by atoms with Crippen LogP contribution < -0.4 is 5.56 Å². The van der Waals surface area contributed by atoms with Crippen LogP contribution in [0.15, 0.2) is 65.7 Å². The van der Waals surface area contributed by atoms with E-state index in [-0.39, 0.29) is 23.7 Å². The first-order chi connectivity index (χ1) is 15.5. The fourth-order valence-corrected chi connectivity index (χ4v) is 3.56. The molecule has 2 aromatic carbocycles. The Morgan fingerprint density at radius 2 is 1.94 bits per heavy atom. The number of hydrogen-bond donors (Lipinski definition) is 1. The van der Waals surface area contributed by atoms with E-state index in [2.05, 4.69) is 15.2 Å². The maximum absolute atomic E-state index is 13.1. The van der Waals surface area contributed by atoms with Gasteiger partial charge in [0.2, 0.25) is 5.91 Å². The van der Waals surface area contributed by atoms with Crippen molar-refractivity contribution in [3.63, 3.8) is 0 Å². The van der Waals surface area contributed by atoms with Gasteiger partial charge in [-0.3, -0.25) is 19.3 Å². The van der Waals surface area contributed by atoms with E-state index in [9.17, 15) is 14.0 Å². The van der Waals surface area contributed by atoms with E-state index in [1.807, 2.05) is 12.1 Å². The lowest BCUT2D eigenvalue weighted by Gasteiger charge is -2.17. The highest BCUT2D eigenvalue weighted by atomic mass is 19.1. The van der Waals surface area contributed by atoms with Crippen molar-refractivity contribution in [3.8, 4) is 11.3 Å². The molecule has 32 heavy (non-hydrogen) atoms. The zero-order chi connectivity index (χ0) is 22.5. The summed E-state index contributed by atoms with van der Waals surface area (Å²) >= 11 is 0. The molecule has 0 aliphatic heterocycles. The quantitative estimate of drug-likeness (QED) is 0.462. The van der Waals surface area contributed by atoms with Gasteiger partial charge in [-0.25, -0.2) is 9.37 Å². The van der Waals surface area contributed by atoms with Gasteiger partial charge in [0.25, 0.3) is 5.56 Å². The molecule has 4 aromatic rings. The summed E-state index contributed by atoms with van der Waals surface area (Å²) in [5.41, 5.74) is 3.08. The summed E-state index contributed by atoms with van der Waals surface area (Å²) in [5, 5.41) is 7.82. The molecule has 0 bridgehead atoms. The van der Waals surface area contributed by atoms with E-state index in [1.54, 1.807) is 42.3 Å². The third-order valence-corrected chi connectivity index (χ3v) is 5.43. The minimum atomic E-state index is -0.279. The van der Waals surface area contributed by atoms with Gasteiger partial charge < -0.3 is 4.90 Å². The van der Waals surface area contributed by atoms with Crippen molar-refractivity contribution < 1.29 is 9.18 Å². The number of nitrogens with one attached hydrogen (secondary N) is 1. The summed E-state index contributed by atoms with van der Waals surface area (Å²) in [4.78, 5) is 31.0. The van der Waals surface area contributed by atoms with Crippen molar-refractivity contribution in [2.45, 2.75) is 25.8 Å². The summed E-state index contributed by atoms with van der Waals surface area (Å²) in [7, 11) is 1.76. The lowest BCUT2D eigenvalue weighted by atomic mass is 10.1. The summed E-state index contributed by atoms with van der Waals surface area (Å²) in [6.07, 6.45) is 3.23. The smallest absolute Gasteiger partial charge is 0.261 e. The third-order valence-electron chi connectivity index (χ3n) is 5.43. The average Bonchev–Trinajstić information content (AvgIpc) is 3.28. The zero-order valence-electron chi connectivity index (χ0n) is 17.8. The Hall–Kier alpha value is -3.81. The van der Waals surface area contributed by atoms with E-state index in [4.69, 9.17) is 0 Å². The molecule has 0 unspecified atom stereocenters. The zero-order valence-corrected chi connectivity index (χ0v) is 17.8. The number of carbonyl (C=O) groups is 1. The predicted octanol–water partition coefficient (Wildman–Crippen LogP) is 3.41. The van der Waals surface area contributed by atoms with Gasteiger partial charge in [-0.05, 0) is 55.3 Å². The Kier molecular flexibility index (Phi) is 6.39. The van der Waals surface area contributed by atoms with Crippen LogP contribution in [0.3, 0.4) is 0 Å². The fraction of sp³-hybridized carbons (Fsp3) is 0.250. The first kappa shape index (κ1) is 21.4. The van der Waals surface area contributed by atoms with Gasteiger partial charge in [0.05, 0.1) is 22.9 Å². The number of fused-ring (bicyclic) bond motifs is 1. The summed E-state index contributed by atoms with van der Waals surface area (Å²) in [6.45, 7) is 0.885. The van der Waals surface area contributed by atoms with Crippen molar-refractivity contribution in [2.75, 3.05) is 13.6 Å². The first-order valence-electron chi connectivity index (χ1n) is 10.5. The van der Waals surface area contributed by atoms with Gasteiger partial charge in [0, 0.05) is 37.8 Å². The highest BCUT2D eigenvalue weighted by Crippen LogP contribution is 2.18. The predicted molar refractivity (Wildman–Crippen MR) is 121 cm³/mol. The Balaban J connectivity index is 1.26. The number of halogens is 1. The van der Waals surface area contributed by atoms with Crippen LogP contribution >= 0.6 is 0 Å². The molecule has 0 atom stereocenters. The van der Waals surface area contributed by atoms with Gasteiger partial charge in [-0.2, -0.15) is 5.10 Å². The number of aromatic amines is 1. The van der Waals surface area contributed by atoms with Gasteiger partial charge in [-0.1, -0.05) is 12.1 Å². The minimum Gasteiger partial charge on any atom is -0.346 e. The maximum Gasteiger partial charge on any atom is 0.261 e. The molecular formula is C24H24FN5O2. The number of benzene rings is 2. The van der Waals surface area contributed by atoms with Crippen LogP contribution in [-0.4, -0.2) is 44.1 Å². The molecule has 7 nitrogen and oxygen atoms in total. The number of amides is 1. The van der Waals surface area contributed by atoms with E-state index >= 15 is 0 Å². The van der Waals surface area contributed by atoms with E-state index < -0.39 is 0 Å². The Labute approximate surface area is 184 Å². The van der Waals surface area contributed by atoms with E-state index in [0.717, 1.165) is 29.8 Å². The van der Waals surface area contributed by atoms with Crippen LogP contribution in [-0.2, 0) is 17.8 Å². The van der Waals surface area contributed by atoms with Crippen LogP contribution in [0.4, 0.5) is 4.39 Å². The molecule has 0 radical (unpaired) electrons. The second-order valence-electron chi connectivity index (χ2n) is 7.71. The molecule has 0 saturated carbocycles. The van der Waals surface area contributed by atoms with Crippen LogP contribution in [0.5, 0.6) is 0 Å². The fourth-order valence-electron chi connectivity index (χ4n) is 3.56. The number of aromatic nitrogens is 4.